The Labute approximate surface area is 156 Å². The number of hydrogen-bond donors (Lipinski definition) is 1. The second-order valence-electron chi connectivity index (χ2n) is 6.60. The molecule has 2 aromatic heterocycles. The third-order valence-electron chi connectivity index (χ3n) is 4.62. The van der Waals surface area contributed by atoms with Gasteiger partial charge in [0.05, 0.1) is 0 Å². The molecule has 26 heavy (non-hydrogen) atoms. The Morgan fingerprint density at radius 1 is 1.19 bits per heavy atom. The van der Waals surface area contributed by atoms with E-state index in [-0.39, 0.29) is 5.91 Å². The molecule has 4 rings (SSSR count). The fourth-order valence-electron chi connectivity index (χ4n) is 3.19. The van der Waals surface area contributed by atoms with Crippen molar-refractivity contribution in [2.24, 2.45) is 0 Å². The highest BCUT2D eigenvalue weighted by molar-refractivity contribution is 7.13. The molecule has 1 aliphatic heterocycles. The minimum absolute atomic E-state index is 0.201. The maximum Gasteiger partial charge on any atom is 0.275 e. The summed E-state index contributed by atoms with van der Waals surface area (Å²) in [5.74, 6) is 1.32. The van der Waals surface area contributed by atoms with Crippen LogP contribution in [0.1, 0.15) is 34.7 Å². The van der Waals surface area contributed by atoms with Crippen molar-refractivity contribution in [3.63, 3.8) is 0 Å². The molecular formula is C20H21N3O2S. The van der Waals surface area contributed by atoms with Crippen molar-refractivity contribution in [3.05, 3.63) is 52.7 Å². The number of rotatable bonds is 4. The van der Waals surface area contributed by atoms with E-state index in [2.05, 4.69) is 27.3 Å². The second-order valence-corrected chi connectivity index (χ2v) is 7.45. The van der Waals surface area contributed by atoms with Crippen molar-refractivity contribution in [2.75, 3.05) is 23.3 Å². The number of thiazole rings is 1. The zero-order chi connectivity index (χ0) is 18.1. The smallest absolute Gasteiger partial charge is 0.275 e. The first-order chi connectivity index (χ1) is 12.6. The summed E-state index contributed by atoms with van der Waals surface area (Å²) in [5, 5.41) is 5.44. The first-order valence-electron chi connectivity index (χ1n) is 8.79. The number of benzene rings is 1. The Morgan fingerprint density at radius 2 is 2.00 bits per heavy atom. The second kappa shape index (κ2) is 6.96. The molecule has 1 aromatic carbocycles. The van der Waals surface area contributed by atoms with E-state index in [1.807, 2.05) is 32.0 Å². The lowest BCUT2D eigenvalue weighted by atomic mass is 10.1. The monoisotopic (exact) mass is 367 g/mol. The highest BCUT2D eigenvalue weighted by Gasteiger charge is 2.16. The van der Waals surface area contributed by atoms with Gasteiger partial charge in [0, 0.05) is 29.8 Å². The molecular weight excluding hydrogens is 346 g/mol. The maximum atomic E-state index is 12.5. The number of aromatic nitrogens is 1. The van der Waals surface area contributed by atoms with E-state index in [0.29, 0.717) is 16.5 Å². The molecule has 5 nitrogen and oxygen atoms in total. The summed E-state index contributed by atoms with van der Waals surface area (Å²) in [6, 6.07) is 9.95. The van der Waals surface area contributed by atoms with Crippen LogP contribution in [0.25, 0.3) is 10.8 Å². The lowest BCUT2D eigenvalue weighted by Gasteiger charge is -2.19. The molecule has 0 bridgehead atoms. The van der Waals surface area contributed by atoms with Gasteiger partial charge in [-0.1, -0.05) is 0 Å². The number of amides is 1. The highest BCUT2D eigenvalue weighted by atomic mass is 32.1. The van der Waals surface area contributed by atoms with Crippen molar-refractivity contribution >= 4 is 28.6 Å². The molecule has 1 amide bonds. The van der Waals surface area contributed by atoms with Gasteiger partial charge >= 0.3 is 0 Å². The van der Waals surface area contributed by atoms with Crippen molar-refractivity contribution in [2.45, 2.75) is 26.7 Å². The third-order valence-corrected chi connectivity index (χ3v) is 5.47. The predicted molar refractivity (Wildman–Crippen MR) is 105 cm³/mol. The average Bonchev–Trinajstić information content (AvgIpc) is 3.37. The van der Waals surface area contributed by atoms with Crippen LogP contribution in [0, 0.1) is 13.8 Å². The number of hydrogen-bond acceptors (Lipinski definition) is 5. The maximum absolute atomic E-state index is 12.5. The molecule has 1 N–H and O–H groups in total. The Bertz CT molecular complexity index is 938. The largest absolute Gasteiger partial charge is 0.459 e. The summed E-state index contributed by atoms with van der Waals surface area (Å²) >= 11 is 1.41. The number of carbonyl (C=O) groups is 1. The number of carbonyl (C=O) groups excluding carboxylic acids is 1. The molecule has 3 aromatic rings. The van der Waals surface area contributed by atoms with E-state index in [0.717, 1.165) is 30.1 Å². The van der Waals surface area contributed by atoms with Crippen molar-refractivity contribution in [1.82, 2.24) is 4.98 Å². The van der Waals surface area contributed by atoms with Gasteiger partial charge in [-0.25, -0.2) is 4.98 Å². The molecule has 1 saturated heterocycles. The van der Waals surface area contributed by atoms with Gasteiger partial charge in [-0.05, 0) is 62.6 Å². The van der Waals surface area contributed by atoms with Gasteiger partial charge in [0.15, 0.2) is 10.8 Å². The van der Waals surface area contributed by atoms with Crippen LogP contribution < -0.4 is 10.2 Å². The van der Waals surface area contributed by atoms with Gasteiger partial charge in [-0.2, -0.15) is 0 Å². The molecule has 0 spiro atoms. The number of nitrogens with one attached hydrogen (secondary N) is 1. The SMILES string of the molecule is Cc1ccc(-c2nc(C(=O)Nc3ccc(N4CCCC4)cc3C)cs2)o1. The molecule has 134 valence electrons. The fraction of sp³-hybridized carbons (Fsp3) is 0.300. The first-order valence-corrected chi connectivity index (χ1v) is 9.67. The molecule has 1 fully saturated rings. The summed E-state index contributed by atoms with van der Waals surface area (Å²) in [7, 11) is 0. The van der Waals surface area contributed by atoms with Crippen LogP contribution >= 0.6 is 11.3 Å². The Hall–Kier alpha value is -2.60. The minimum atomic E-state index is -0.201. The van der Waals surface area contributed by atoms with Crippen molar-refractivity contribution < 1.29 is 9.21 Å². The molecule has 1 aliphatic rings. The molecule has 0 atom stereocenters. The van der Waals surface area contributed by atoms with Crippen LogP contribution in [-0.2, 0) is 0 Å². The van der Waals surface area contributed by atoms with Crippen LogP contribution in [0.4, 0.5) is 11.4 Å². The average molecular weight is 367 g/mol. The quantitative estimate of drug-likeness (QED) is 0.714. The Balaban J connectivity index is 1.48. The molecule has 0 radical (unpaired) electrons. The van der Waals surface area contributed by atoms with E-state index in [1.165, 1.54) is 29.9 Å². The standard InChI is InChI=1S/C20H21N3O2S/c1-13-11-15(23-9-3-4-10-23)6-7-16(13)21-19(24)17-12-26-20(22-17)18-8-5-14(2)25-18/h5-8,11-12H,3-4,9-10H2,1-2H3,(H,21,24). The van der Waals surface area contributed by atoms with Gasteiger partial charge in [0.1, 0.15) is 11.5 Å². The van der Waals surface area contributed by atoms with Gasteiger partial charge in [0.25, 0.3) is 5.91 Å². The fourth-order valence-corrected chi connectivity index (χ4v) is 3.95. The summed E-state index contributed by atoms with van der Waals surface area (Å²) in [6.07, 6.45) is 2.50. The first kappa shape index (κ1) is 16.8. The number of aryl methyl sites for hydroxylation is 2. The Morgan fingerprint density at radius 3 is 2.69 bits per heavy atom. The Kier molecular flexibility index (Phi) is 4.51. The number of anilines is 2. The van der Waals surface area contributed by atoms with Crippen molar-refractivity contribution in [1.29, 1.82) is 0 Å². The normalized spacial score (nSPS) is 14.0. The molecule has 6 heteroatoms. The molecule has 0 unspecified atom stereocenters. The molecule has 0 aliphatic carbocycles. The topological polar surface area (TPSA) is 58.4 Å². The summed E-state index contributed by atoms with van der Waals surface area (Å²) in [5.41, 5.74) is 3.51. The van der Waals surface area contributed by atoms with Gasteiger partial charge in [-0.15, -0.1) is 11.3 Å². The van der Waals surface area contributed by atoms with E-state index in [9.17, 15) is 4.79 Å². The minimum Gasteiger partial charge on any atom is -0.459 e. The number of furan rings is 1. The summed E-state index contributed by atoms with van der Waals surface area (Å²) in [6.45, 7) is 6.13. The van der Waals surface area contributed by atoms with Crippen LogP contribution in [0.2, 0.25) is 0 Å². The van der Waals surface area contributed by atoms with Crippen LogP contribution in [0.5, 0.6) is 0 Å². The van der Waals surface area contributed by atoms with Gasteiger partial charge in [0.2, 0.25) is 0 Å². The van der Waals surface area contributed by atoms with E-state index in [4.69, 9.17) is 4.42 Å². The highest BCUT2D eigenvalue weighted by Crippen LogP contribution is 2.28. The molecule has 3 heterocycles. The van der Waals surface area contributed by atoms with Gasteiger partial charge < -0.3 is 14.6 Å². The van der Waals surface area contributed by atoms with Crippen molar-refractivity contribution in [3.8, 4) is 10.8 Å². The lowest BCUT2D eigenvalue weighted by Crippen LogP contribution is -2.18. The summed E-state index contributed by atoms with van der Waals surface area (Å²) < 4.78 is 5.57. The molecule has 0 saturated carbocycles. The predicted octanol–water partition coefficient (Wildman–Crippen LogP) is 4.87. The van der Waals surface area contributed by atoms with E-state index in [1.54, 1.807) is 5.38 Å². The summed E-state index contributed by atoms with van der Waals surface area (Å²) in [4.78, 5) is 19.3. The van der Waals surface area contributed by atoms with Gasteiger partial charge in [-0.3, -0.25) is 4.79 Å². The van der Waals surface area contributed by atoms with E-state index >= 15 is 0 Å². The van der Waals surface area contributed by atoms with Crippen LogP contribution in [0.3, 0.4) is 0 Å². The zero-order valence-corrected chi connectivity index (χ0v) is 15.7. The van der Waals surface area contributed by atoms with Crippen LogP contribution in [-0.4, -0.2) is 24.0 Å². The zero-order valence-electron chi connectivity index (χ0n) is 14.9. The lowest BCUT2D eigenvalue weighted by molar-refractivity contribution is 0.102. The third kappa shape index (κ3) is 3.37. The number of nitrogens with zero attached hydrogens (tertiary/aromatic N) is 2. The van der Waals surface area contributed by atoms with Crippen LogP contribution in [0.15, 0.2) is 40.1 Å². The van der Waals surface area contributed by atoms with E-state index < -0.39 is 0 Å².